The van der Waals surface area contributed by atoms with Gasteiger partial charge in [0.05, 0.1) is 5.56 Å². The first-order chi connectivity index (χ1) is 7.06. The van der Waals surface area contributed by atoms with E-state index < -0.39 is 0 Å². The number of halogens is 1. The zero-order valence-corrected chi connectivity index (χ0v) is 10.8. The lowest BCUT2D eigenvalue weighted by molar-refractivity contribution is 0.0529. The van der Waals surface area contributed by atoms with E-state index in [1.165, 1.54) is 5.56 Å². The lowest BCUT2D eigenvalue weighted by Crippen LogP contribution is -2.10. The van der Waals surface area contributed by atoms with Crippen LogP contribution < -0.4 is 0 Å². The number of esters is 1. The van der Waals surface area contributed by atoms with Crippen molar-refractivity contribution in [1.29, 1.82) is 0 Å². The van der Waals surface area contributed by atoms with Gasteiger partial charge in [-0.1, -0.05) is 33.6 Å². The SMILES string of the molecule is Cc1cc(C)c(C(=O)OCCBr)c(C)c1. The van der Waals surface area contributed by atoms with Crippen molar-refractivity contribution in [2.24, 2.45) is 0 Å². The Hall–Kier alpha value is -0.830. The van der Waals surface area contributed by atoms with E-state index in [1.54, 1.807) is 0 Å². The third kappa shape index (κ3) is 3.06. The number of rotatable bonds is 3. The van der Waals surface area contributed by atoms with Crippen molar-refractivity contribution in [1.82, 2.24) is 0 Å². The number of ether oxygens (including phenoxy) is 1. The predicted octanol–water partition coefficient (Wildman–Crippen LogP) is 3.16. The molecule has 0 atom stereocenters. The van der Waals surface area contributed by atoms with Gasteiger partial charge in [-0.05, 0) is 31.9 Å². The maximum atomic E-state index is 11.7. The molecule has 0 fully saturated rings. The molecule has 0 aliphatic rings. The van der Waals surface area contributed by atoms with Gasteiger partial charge < -0.3 is 4.74 Å². The Balaban J connectivity index is 2.98. The Morgan fingerprint density at radius 3 is 2.27 bits per heavy atom. The van der Waals surface area contributed by atoms with E-state index in [-0.39, 0.29) is 5.97 Å². The molecule has 0 saturated heterocycles. The summed E-state index contributed by atoms with van der Waals surface area (Å²) in [6.45, 7) is 6.30. The molecule has 0 saturated carbocycles. The maximum Gasteiger partial charge on any atom is 0.338 e. The van der Waals surface area contributed by atoms with Crippen molar-refractivity contribution in [3.8, 4) is 0 Å². The fraction of sp³-hybridized carbons (Fsp3) is 0.417. The van der Waals surface area contributed by atoms with Gasteiger partial charge in [0.1, 0.15) is 6.61 Å². The third-order valence-corrected chi connectivity index (χ3v) is 2.52. The monoisotopic (exact) mass is 270 g/mol. The van der Waals surface area contributed by atoms with Crippen LogP contribution in [0.25, 0.3) is 0 Å². The van der Waals surface area contributed by atoms with Gasteiger partial charge in [-0.2, -0.15) is 0 Å². The first-order valence-electron chi connectivity index (χ1n) is 4.87. The Morgan fingerprint density at radius 2 is 1.80 bits per heavy atom. The van der Waals surface area contributed by atoms with Gasteiger partial charge in [0.25, 0.3) is 0 Å². The molecule has 15 heavy (non-hydrogen) atoms. The Labute approximate surface area is 98.8 Å². The van der Waals surface area contributed by atoms with E-state index in [4.69, 9.17) is 4.74 Å². The van der Waals surface area contributed by atoms with Crippen LogP contribution in [0.15, 0.2) is 12.1 Å². The highest BCUT2D eigenvalue weighted by atomic mass is 79.9. The number of hydrogen-bond acceptors (Lipinski definition) is 2. The van der Waals surface area contributed by atoms with Crippen LogP contribution in [0.2, 0.25) is 0 Å². The van der Waals surface area contributed by atoms with E-state index in [9.17, 15) is 4.79 Å². The molecule has 1 aromatic rings. The van der Waals surface area contributed by atoms with Crippen molar-refractivity contribution >= 4 is 21.9 Å². The molecule has 2 nitrogen and oxygen atoms in total. The largest absolute Gasteiger partial charge is 0.461 e. The summed E-state index contributed by atoms with van der Waals surface area (Å²) in [6, 6.07) is 4.00. The standard InChI is InChI=1S/C12H15BrO2/c1-8-6-9(2)11(10(3)7-8)12(14)15-5-4-13/h6-7H,4-5H2,1-3H3. The van der Waals surface area contributed by atoms with Gasteiger partial charge in [-0.25, -0.2) is 4.79 Å². The number of carbonyl (C=O) groups excluding carboxylic acids is 1. The molecule has 0 aliphatic heterocycles. The summed E-state index contributed by atoms with van der Waals surface area (Å²) in [5.41, 5.74) is 3.82. The first-order valence-corrected chi connectivity index (χ1v) is 5.99. The normalized spacial score (nSPS) is 10.1. The molecule has 0 unspecified atom stereocenters. The highest BCUT2D eigenvalue weighted by molar-refractivity contribution is 9.09. The molecule has 0 spiro atoms. The molecule has 0 radical (unpaired) electrons. The van der Waals surface area contributed by atoms with Crippen molar-refractivity contribution in [3.63, 3.8) is 0 Å². The predicted molar refractivity (Wildman–Crippen MR) is 64.7 cm³/mol. The fourth-order valence-electron chi connectivity index (χ4n) is 1.71. The summed E-state index contributed by atoms with van der Waals surface area (Å²) in [4.78, 5) is 11.7. The number of alkyl halides is 1. The zero-order valence-electron chi connectivity index (χ0n) is 9.26. The zero-order chi connectivity index (χ0) is 11.4. The third-order valence-electron chi connectivity index (χ3n) is 2.19. The summed E-state index contributed by atoms with van der Waals surface area (Å²) >= 11 is 3.22. The average molecular weight is 271 g/mol. The highest BCUT2D eigenvalue weighted by Gasteiger charge is 2.13. The van der Waals surface area contributed by atoms with E-state index in [0.29, 0.717) is 17.5 Å². The van der Waals surface area contributed by atoms with E-state index in [2.05, 4.69) is 15.9 Å². The lowest BCUT2D eigenvalue weighted by atomic mass is 10.00. The lowest BCUT2D eigenvalue weighted by Gasteiger charge is -2.10. The number of aryl methyl sites for hydroxylation is 3. The van der Waals surface area contributed by atoms with Crippen molar-refractivity contribution in [2.75, 3.05) is 11.9 Å². The van der Waals surface area contributed by atoms with Gasteiger partial charge in [0, 0.05) is 5.33 Å². The molecule has 0 aromatic heterocycles. The minimum absolute atomic E-state index is 0.232. The van der Waals surface area contributed by atoms with Crippen LogP contribution in [-0.2, 0) is 4.74 Å². The van der Waals surface area contributed by atoms with Gasteiger partial charge in [-0.15, -0.1) is 0 Å². The summed E-state index contributed by atoms with van der Waals surface area (Å²) < 4.78 is 5.09. The molecule has 0 heterocycles. The highest BCUT2D eigenvalue weighted by Crippen LogP contribution is 2.17. The van der Waals surface area contributed by atoms with Gasteiger partial charge >= 0.3 is 5.97 Å². The molecule has 0 amide bonds. The van der Waals surface area contributed by atoms with E-state index in [1.807, 2.05) is 32.9 Å². The molecular weight excluding hydrogens is 256 g/mol. The topological polar surface area (TPSA) is 26.3 Å². The number of carbonyl (C=O) groups is 1. The number of hydrogen-bond donors (Lipinski definition) is 0. The quantitative estimate of drug-likeness (QED) is 0.623. The fourth-order valence-corrected chi connectivity index (χ4v) is 1.87. The van der Waals surface area contributed by atoms with Crippen LogP contribution in [0.5, 0.6) is 0 Å². The summed E-state index contributed by atoms with van der Waals surface area (Å²) in [5, 5.41) is 0.669. The summed E-state index contributed by atoms with van der Waals surface area (Å²) in [6.07, 6.45) is 0. The molecule has 1 aromatic carbocycles. The molecule has 3 heteroatoms. The molecular formula is C12H15BrO2. The number of benzene rings is 1. The average Bonchev–Trinajstić information content (AvgIpc) is 2.12. The maximum absolute atomic E-state index is 11.7. The van der Waals surface area contributed by atoms with Gasteiger partial charge in [0.15, 0.2) is 0 Å². The van der Waals surface area contributed by atoms with Crippen LogP contribution in [-0.4, -0.2) is 17.9 Å². The van der Waals surface area contributed by atoms with Gasteiger partial charge in [-0.3, -0.25) is 0 Å². The summed E-state index contributed by atoms with van der Waals surface area (Å²) in [5.74, 6) is -0.232. The molecule has 82 valence electrons. The van der Waals surface area contributed by atoms with E-state index in [0.717, 1.165) is 11.1 Å². The van der Waals surface area contributed by atoms with E-state index >= 15 is 0 Å². The first kappa shape index (κ1) is 12.2. The summed E-state index contributed by atoms with van der Waals surface area (Å²) in [7, 11) is 0. The second kappa shape index (κ2) is 5.31. The minimum Gasteiger partial charge on any atom is -0.461 e. The van der Waals surface area contributed by atoms with Gasteiger partial charge in [0.2, 0.25) is 0 Å². The Bertz CT molecular complexity index is 349. The van der Waals surface area contributed by atoms with Crippen molar-refractivity contribution < 1.29 is 9.53 Å². The molecule has 1 rings (SSSR count). The molecule has 0 bridgehead atoms. The van der Waals surface area contributed by atoms with Crippen LogP contribution in [0.1, 0.15) is 27.0 Å². The minimum atomic E-state index is -0.232. The second-order valence-corrected chi connectivity index (χ2v) is 4.39. The Morgan fingerprint density at radius 1 is 1.27 bits per heavy atom. The molecule has 0 aliphatic carbocycles. The molecule has 0 N–H and O–H groups in total. The van der Waals surface area contributed by atoms with Crippen LogP contribution in [0.4, 0.5) is 0 Å². The van der Waals surface area contributed by atoms with Crippen molar-refractivity contribution in [2.45, 2.75) is 20.8 Å². The Kier molecular flexibility index (Phi) is 4.33. The van der Waals surface area contributed by atoms with Crippen LogP contribution in [0.3, 0.4) is 0 Å². The van der Waals surface area contributed by atoms with Crippen LogP contribution >= 0.6 is 15.9 Å². The smallest absolute Gasteiger partial charge is 0.338 e. The second-order valence-electron chi connectivity index (χ2n) is 3.60. The van der Waals surface area contributed by atoms with Crippen molar-refractivity contribution in [3.05, 3.63) is 34.4 Å². The van der Waals surface area contributed by atoms with Crippen LogP contribution in [0, 0.1) is 20.8 Å².